The van der Waals surface area contributed by atoms with Crippen LogP contribution in [0.2, 0.25) is 0 Å². The first-order valence-corrected chi connectivity index (χ1v) is 6.52. The van der Waals surface area contributed by atoms with Gasteiger partial charge >= 0.3 is 0 Å². The molecule has 1 aromatic heterocycles. The SMILES string of the molecule is CCn1cc([N+](=O)[O-])cc1C(=O)N(C)CC(C)(C)CN. The zero-order valence-corrected chi connectivity index (χ0v) is 12.4. The third-order valence-electron chi connectivity index (χ3n) is 3.22. The molecular formula is C13H22N4O3. The highest BCUT2D eigenvalue weighted by Gasteiger charge is 2.25. The minimum absolute atomic E-state index is 0.0679. The molecule has 0 unspecified atom stereocenters. The number of hydrogen-bond acceptors (Lipinski definition) is 4. The number of nitrogens with zero attached hydrogens (tertiary/aromatic N) is 3. The summed E-state index contributed by atoms with van der Waals surface area (Å²) in [5.41, 5.74) is 5.73. The van der Waals surface area contributed by atoms with Gasteiger partial charge in [-0.3, -0.25) is 14.9 Å². The summed E-state index contributed by atoms with van der Waals surface area (Å²) >= 11 is 0. The highest BCUT2D eigenvalue weighted by atomic mass is 16.6. The lowest BCUT2D eigenvalue weighted by molar-refractivity contribution is -0.384. The van der Waals surface area contributed by atoms with Crippen molar-refractivity contribution in [2.24, 2.45) is 11.1 Å². The van der Waals surface area contributed by atoms with Crippen molar-refractivity contribution in [2.75, 3.05) is 20.1 Å². The van der Waals surface area contributed by atoms with Gasteiger partial charge in [0.15, 0.2) is 0 Å². The van der Waals surface area contributed by atoms with Crippen LogP contribution in [0.25, 0.3) is 0 Å². The second kappa shape index (κ2) is 6.04. The topological polar surface area (TPSA) is 94.4 Å². The quantitative estimate of drug-likeness (QED) is 0.631. The molecule has 1 aromatic rings. The van der Waals surface area contributed by atoms with Crippen molar-refractivity contribution in [3.8, 4) is 0 Å². The van der Waals surface area contributed by atoms with Crippen molar-refractivity contribution in [3.63, 3.8) is 0 Å². The van der Waals surface area contributed by atoms with Crippen LogP contribution < -0.4 is 5.73 Å². The van der Waals surface area contributed by atoms with Crippen molar-refractivity contribution in [3.05, 3.63) is 28.1 Å². The van der Waals surface area contributed by atoms with Crippen LogP contribution in [0.15, 0.2) is 12.3 Å². The summed E-state index contributed by atoms with van der Waals surface area (Å²) in [6.45, 7) is 7.23. The Kier molecular flexibility index (Phi) is 4.88. The molecule has 20 heavy (non-hydrogen) atoms. The number of nitro groups is 1. The predicted molar refractivity (Wildman–Crippen MR) is 76.6 cm³/mol. The summed E-state index contributed by atoms with van der Waals surface area (Å²) in [6, 6.07) is 1.32. The Hall–Kier alpha value is -1.89. The van der Waals surface area contributed by atoms with Crippen molar-refractivity contribution < 1.29 is 9.72 Å². The summed E-state index contributed by atoms with van der Waals surface area (Å²) in [5, 5.41) is 10.8. The Morgan fingerprint density at radius 3 is 2.60 bits per heavy atom. The highest BCUT2D eigenvalue weighted by Crippen LogP contribution is 2.20. The Labute approximate surface area is 118 Å². The molecule has 0 aromatic carbocycles. The number of rotatable bonds is 6. The maximum atomic E-state index is 12.4. The molecule has 0 fully saturated rings. The van der Waals surface area contributed by atoms with E-state index < -0.39 is 4.92 Å². The zero-order chi connectivity index (χ0) is 15.5. The molecule has 1 heterocycles. The summed E-state index contributed by atoms with van der Waals surface area (Å²) in [6.07, 6.45) is 1.38. The normalized spacial score (nSPS) is 11.4. The Morgan fingerprint density at radius 2 is 2.15 bits per heavy atom. The molecule has 0 bridgehead atoms. The van der Waals surface area contributed by atoms with E-state index in [0.717, 1.165) is 0 Å². The summed E-state index contributed by atoms with van der Waals surface area (Å²) < 4.78 is 1.59. The van der Waals surface area contributed by atoms with Gasteiger partial charge in [0.05, 0.1) is 11.1 Å². The summed E-state index contributed by atoms with van der Waals surface area (Å²) in [4.78, 5) is 24.3. The van der Waals surface area contributed by atoms with E-state index in [9.17, 15) is 14.9 Å². The molecule has 0 spiro atoms. The van der Waals surface area contributed by atoms with Crippen LogP contribution >= 0.6 is 0 Å². The van der Waals surface area contributed by atoms with E-state index in [-0.39, 0.29) is 17.0 Å². The molecule has 0 aliphatic heterocycles. The molecule has 0 aliphatic rings. The Balaban J connectivity index is 2.99. The van der Waals surface area contributed by atoms with E-state index in [4.69, 9.17) is 5.73 Å². The molecule has 0 saturated heterocycles. The van der Waals surface area contributed by atoms with E-state index in [2.05, 4.69) is 0 Å². The highest BCUT2D eigenvalue weighted by molar-refractivity contribution is 5.93. The van der Waals surface area contributed by atoms with Crippen LogP contribution in [-0.4, -0.2) is 40.4 Å². The smallest absolute Gasteiger partial charge is 0.287 e. The average molecular weight is 282 g/mol. The zero-order valence-electron chi connectivity index (χ0n) is 12.4. The van der Waals surface area contributed by atoms with Crippen LogP contribution in [0.3, 0.4) is 0 Å². The Bertz CT molecular complexity index is 508. The predicted octanol–water partition coefficient (Wildman–Crippen LogP) is 1.47. The van der Waals surface area contributed by atoms with E-state index in [1.54, 1.807) is 16.5 Å². The molecule has 0 radical (unpaired) electrons. The fraction of sp³-hybridized carbons (Fsp3) is 0.615. The van der Waals surface area contributed by atoms with Crippen LogP contribution in [0.4, 0.5) is 5.69 Å². The first-order valence-electron chi connectivity index (χ1n) is 6.52. The van der Waals surface area contributed by atoms with Crippen molar-refractivity contribution in [2.45, 2.75) is 27.3 Å². The Morgan fingerprint density at radius 1 is 1.55 bits per heavy atom. The molecule has 0 saturated carbocycles. The van der Waals surface area contributed by atoms with Crippen LogP contribution in [0, 0.1) is 15.5 Å². The van der Waals surface area contributed by atoms with Gasteiger partial charge in [0.25, 0.3) is 11.6 Å². The van der Waals surface area contributed by atoms with Crippen LogP contribution in [-0.2, 0) is 6.54 Å². The van der Waals surface area contributed by atoms with Gasteiger partial charge in [-0.1, -0.05) is 13.8 Å². The second-order valence-electron chi connectivity index (χ2n) is 5.66. The first kappa shape index (κ1) is 16.2. The minimum Gasteiger partial charge on any atom is -0.340 e. The van der Waals surface area contributed by atoms with Crippen molar-refractivity contribution in [1.29, 1.82) is 0 Å². The molecule has 1 rings (SSSR count). The summed E-state index contributed by atoms with van der Waals surface area (Å²) in [7, 11) is 1.68. The maximum absolute atomic E-state index is 12.4. The second-order valence-corrected chi connectivity index (χ2v) is 5.66. The molecule has 7 nitrogen and oxygen atoms in total. The van der Waals surface area contributed by atoms with E-state index in [1.165, 1.54) is 12.3 Å². The molecule has 0 aliphatic carbocycles. The lowest BCUT2D eigenvalue weighted by Gasteiger charge is -2.29. The average Bonchev–Trinajstić information content (AvgIpc) is 2.81. The van der Waals surface area contributed by atoms with Crippen molar-refractivity contribution >= 4 is 11.6 Å². The van der Waals surface area contributed by atoms with Gasteiger partial charge in [0.1, 0.15) is 5.69 Å². The number of aryl methyl sites for hydroxylation is 1. The van der Waals surface area contributed by atoms with Gasteiger partial charge in [-0.15, -0.1) is 0 Å². The van der Waals surface area contributed by atoms with Crippen LogP contribution in [0.1, 0.15) is 31.3 Å². The molecular weight excluding hydrogens is 260 g/mol. The van der Waals surface area contributed by atoms with Gasteiger partial charge in [0.2, 0.25) is 0 Å². The van der Waals surface area contributed by atoms with Gasteiger partial charge in [-0.05, 0) is 18.9 Å². The van der Waals surface area contributed by atoms with E-state index >= 15 is 0 Å². The standard InChI is InChI=1S/C13H22N4O3/c1-5-16-7-10(17(19)20)6-11(16)12(18)15(4)9-13(2,3)8-14/h6-7H,5,8-9,14H2,1-4H3. The van der Waals surface area contributed by atoms with Gasteiger partial charge < -0.3 is 15.2 Å². The van der Waals surface area contributed by atoms with Gasteiger partial charge in [0, 0.05) is 26.2 Å². The fourth-order valence-electron chi connectivity index (χ4n) is 2.01. The molecule has 1 amide bonds. The largest absolute Gasteiger partial charge is 0.340 e. The lowest BCUT2D eigenvalue weighted by Crippen LogP contribution is -2.40. The number of hydrogen-bond donors (Lipinski definition) is 1. The number of aromatic nitrogens is 1. The van der Waals surface area contributed by atoms with Crippen molar-refractivity contribution in [1.82, 2.24) is 9.47 Å². The lowest BCUT2D eigenvalue weighted by atomic mass is 9.93. The van der Waals surface area contributed by atoms with Gasteiger partial charge in [-0.2, -0.15) is 0 Å². The number of carbonyl (C=O) groups excluding carboxylic acids is 1. The van der Waals surface area contributed by atoms with Gasteiger partial charge in [-0.25, -0.2) is 0 Å². The monoisotopic (exact) mass is 282 g/mol. The molecule has 112 valence electrons. The molecule has 7 heteroatoms. The third kappa shape index (κ3) is 3.57. The number of nitrogens with two attached hydrogens (primary N) is 1. The third-order valence-corrected chi connectivity index (χ3v) is 3.22. The van der Waals surface area contributed by atoms with E-state index in [1.807, 2.05) is 20.8 Å². The fourth-order valence-corrected chi connectivity index (χ4v) is 2.01. The first-order chi connectivity index (χ1) is 9.21. The number of carbonyl (C=O) groups is 1. The van der Waals surface area contributed by atoms with Crippen LogP contribution in [0.5, 0.6) is 0 Å². The molecule has 0 atom stereocenters. The minimum atomic E-state index is -0.493. The van der Waals surface area contributed by atoms with E-state index in [0.29, 0.717) is 25.3 Å². The summed E-state index contributed by atoms with van der Waals surface area (Å²) in [5.74, 6) is -0.235. The number of amides is 1. The molecule has 2 N–H and O–H groups in total. The maximum Gasteiger partial charge on any atom is 0.287 e.